The molecule has 0 amide bonds. The van der Waals surface area contributed by atoms with Crippen LogP contribution in [0.1, 0.15) is 41.5 Å². The molecule has 252 valence electrons. The minimum Gasteiger partial charge on any atom is -0.462 e. The molecule has 0 spiro atoms. The molecule has 4 aromatic heterocycles. The highest BCUT2D eigenvalue weighted by molar-refractivity contribution is 6.17. The highest BCUT2D eigenvalue weighted by Crippen LogP contribution is 2.38. The number of halogens is 4. The van der Waals surface area contributed by atoms with E-state index >= 15 is 0 Å². The quantitative estimate of drug-likeness (QED) is 0.153. The normalized spacial score (nSPS) is 11.4. The van der Waals surface area contributed by atoms with Crippen molar-refractivity contribution in [1.82, 2.24) is 20.0 Å². The van der Waals surface area contributed by atoms with E-state index in [9.17, 15) is 36.7 Å². The molecule has 14 nitrogen and oxygen atoms in total. The van der Waals surface area contributed by atoms with Crippen LogP contribution in [0.5, 0.6) is 11.5 Å². The molecule has 1 N–H and O–H groups in total. The van der Waals surface area contributed by atoms with Gasteiger partial charge in [0.15, 0.2) is 22.7 Å². The number of esters is 2. The van der Waals surface area contributed by atoms with Gasteiger partial charge in [-0.15, -0.1) is 0 Å². The average Bonchev–Trinajstić information content (AvgIpc) is 3.63. The van der Waals surface area contributed by atoms with Crippen molar-refractivity contribution < 1.29 is 54.9 Å². The predicted molar refractivity (Wildman–Crippen MR) is 159 cm³/mol. The summed E-state index contributed by atoms with van der Waals surface area (Å²) in [6.07, 6.45) is 2.61. The van der Waals surface area contributed by atoms with E-state index in [-0.39, 0.29) is 79.7 Å². The van der Waals surface area contributed by atoms with E-state index in [0.717, 1.165) is 10.7 Å². The first-order valence-electron chi connectivity index (χ1n) is 14.1. The van der Waals surface area contributed by atoms with Crippen molar-refractivity contribution in [3.05, 3.63) is 68.5 Å². The first-order valence-corrected chi connectivity index (χ1v) is 14.1. The maximum Gasteiger partial charge on any atom is 0.387 e. The molecule has 0 fully saturated rings. The fraction of sp³-hybridized carbons (Fsp3) is 0.267. The predicted octanol–water partition coefficient (Wildman–Crippen LogP) is 5.39. The summed E-state index contributed by atoms with van der Waals surface area (Å²) in [5, 5.41) is 10.5. The van der Waals surface area contributed by atoms with Gasteiger partial charge in [-0.25, -0.2) is 19.4 Å². The number of rotatable bonds is 9. The second-order valence-electron chi connectivity index (χ2n) is 9.48. The van der Waals surface area contributed by atoms with Crippen molar-refractivity contribution >= 4 is 55.8 Å². The van der Waals surface area contributed by atoms with Crippen molar-refractivity contribution in [3.8, 4) is 11.5 Å². The van der Waals surface area contributed by atoms with E-state index in [1.54, 1.807) is 20.8 Å². The number of fused-ring (bicyclic) bond motifs is 6. The first kappa shape index (κ1) is 33.4. The Labute approximate surface area is 264 Å². The third-order valence-corrected chi connectivity index (χ3v) is 6.72. The van der Waals surface area contributed by atoms with Crippen LogP contribution in [-0.4, -0.2) is 58.4 Å². The number of alkyl halides is 4. The minimum atomic E-state index is -3.09. The maximum absolute atomic E-state index is 12.6. The molecule has 2 aromatic carbocycles. The van der Waals surface area contributed by atoms with Gasteiger partial charge in [-0.2, -0.15) is 27.8 Å². The van der Waals surface area contributed by atoms with Crippen LogP contribution in [0.2, 0.25) is 0 Å². The number of hydrogen-bond acceptors (Lipinski definition) is 12. The molecule has 0 aliphatic heterocycles. The Bertz CT molecular complexity index is 2280. The summed E-state index contributed by atoms with van der Waals surface area (Å²) in [5.74, 6) is -1.92. The summed E-state index contributed by atoms with van der Waals surface area (Å²) in [4.78, 5) is 48.4. The van der Waals surface area contributed by atoms with E-state index in [1.165, 1.54) is 30.6 Å². The molecule has 0 radical (unpaired) electrons. The Hall–Kier alpha value is -5.94. The Balaban J connectivity index is 0.000000188. The molecular formula is C30H24F4N4O10. The lowest BCUT2D eigenvalue weighted by molar-refractivity contribution is -0.0500. The van der Waals surface area contributed by atoms with Crippen LogP contribution < -0.4 is 20.6 Å². The molecule has 0 unspecified atom stereocenters. The molecule has 0 saturated carbocycles. The van der Waals surface area contributed by atoms with Crippen LogP contribution in [0.15, 0.2) is 55.1 Å². The van der Waals surface area contributed by atoms with Crippen molar-refractivity contribution in [2.75, 3.05) is 13.2 Å². The van der Waals surface area contributed by atoms with Crippen molar-refractivity contribution in [2.45, 2.75) is 40.5 Å². The highest BCUT2D eigenvalue weighted by atomic mass is 19.3. The lowest BCUT2D eigenvalue weighted by Crippen LogP contribution is -2.20. The maximum atomic E-state index is 12.6. The molecule has 6 aromatic rings. The number of nitrogens with one attached hydrogen (secondary N) is 1. The van der Waals surface area contributed by atoms with Gasteiger partial charge in [0.1, 0.15) is 0 Å². The van der Waals surface area contributed by atoms with Gasteiger partial charge in [0.2, 0.25) is 11.2 Å². The monoisotopic (exact) mass is 676 g/mol. The third kappa shape index (κ3) is 6.23. The van der Waals surface area contributed by atoms with E-state index in [0.29, 0.717) is 6.54 Å². The molecule has 0 saturated heterocycles. The largest absolute Gasteiger partial charge is 0.462 e. The fourth-order valence-electron chi connectivity index (χ4n) is 4.84. The number of hydrogen-bond donors (Lipinski definition) is 1. The smallest absolute Gasteiger partial charge is 0.387 e. The Kier molecular flexibility index (Phi) is 9.62. The number of nitrogens with zero attached hydrogens (tertiary/aromatic N) is 3. The van der Waals surface area contributed by atoms with Crippen molar-refractivity contribution in [3.63, 3.8) is 0 Å². The molecule has 18 heteroatoms. The third-order valence-electron chi connectivity index (χ3n) is 6.72. The lowest BCUT2D eigenvalue weighted by Gasteiger charge is -2.07. The summed E-state index contributed by atoms with van der Waals surface area (Å²) >= 11 is 0. The number of ether oxygens (including phenoxy) is 4. The molecule has 48 heavy (non-hydrogen) atoms. The van der Waals surface area contributed by atoms with Gasteiger partial charge in [-0.05, 0) is 45.0 Å². The second-order valence-corrected chi connectivity index (χ2v) is 9.48. The van der Waals surface area contributed by atoms with E-state index in [2.05, 4.69) is 24.8 Å². The second kappa shape index (κ2) is 13.8. The number of aromatic amines is 1. The van der Waals surface area contributed by atoms with E-state index < -0.39 is 36.3 Å². The molecule has 0 atom stereocenters. The number of carbonyl (C=O) groups is 2. The highest BCUT2D eigenvalue weighted by Gasteiger charge is 2.25. The van der Waals surface area contributed by atoms with Crippen LogP contribution in [0.4, 0.5) is 17.6 Å². The van der Waals surface area contributed by atoms with Crippen LogP contribution in [0, 0.1) is 0 Å². The average molecular weight is 677 g/mol. The topological polar surface area (TPSA) is 178 Å². The van der Waals surface area contributed by atoms with Crippen molar-refractivity contribution in [1.29, 1.82) is 0 Å². The van der Waals surface area contributed by atoms with Gasteiger partial charge < -0.3 is 27.8 Å². The summed E-state index contributed by atoms with van der Waals surface area (Å²) in [7, 11) is 0. The zero-order valence-electron chi connectivity index (χ0n) is 25.2. The van der Waals surface area contributed by atoms with E-state index in [1.807, 2.05) is 0 Å². The summed E-state index contributed by atoms with van der Waals surface area (Å²) in [6.45, 7) is -0.626. The summed E-state index contributed by atoms with van der Waals surface area (Å²) in [6, 6.07) is 4.90. The van der Waals surface area contributed by atoms with Gasteiger partial charge in [0.25, 0.3) is 0 Å². The Morgan fingerprint density at radius 3 is 1.75 bits per heavy atom. The Morgan fingerprint density at radius 1 is 0.771 bits per heavy atom. The molecular weight excluding hydrogens is 652 g/mol. The number of aryl methyl sites for hydroxylation is 1. The summed E-state index contributed by atoms with van der Waals surface area (Å²) in [5.41, 5.74) is -1.57. The fourth-order valence-corrected chi connectivity index (χ4v) is 4.84. The van der Waals surface area contributed by atoms with Gasteiger partial charge in [-0.3, -0.25) is 9.59 Å². The van der Waals surface area contributed by atoms with Crippen LogP contribution in [0.25, 0.3) is 43.9 Å². The van der Waals surface area contributed by atoms with Gasteiger partial charge >= 0.3 is 36.3 Å². The SMILES string of the molecule is CCOC(=O)c1ccc(OC(F)F)c2oc3c(=O)[nH]ncc3c12.CCOC(=O)c1ccc(OC(F)F)c2oc3c(=O)n(CC)ncc3c12. The summed E-state index contributed by atoms with van der Waals surface area (Å²) < 4.78 is 81.1. The number of aromatic nitrogens is 4. The number of benzene rings is 2. The molecule has 0 bridgehead atoms. The molecule has 0 aliphatic rings. The Morgan fingerprint density at radius 2 is 1.27 bits per heavy atom. The van der Waals surface area contributed by atoms with E-state index in [4.69, 9.17) is 18.3 Å². The number of furan rings is 2. The standard InChI is InChI=1S/C16H14F2N2O5.C14H10F2N2O5/c1-3-20-14(21)12-9(7-19-20)11-8(15(22)23-4-2)5-6-10(13(11)25-12)24-16(17)18;1-2-21-13(20)6-3-4-8(22-14(15)16)11-9(6)7-5-17-18-12(19)10(7)23-11/h5-7,16H,3-4H2,1-2H3;3-5,14H,2H2,1H3,(H,18,19). The lowest BCUT2D eigenvalue weighted by atomic mass is 10.1. The van der Waals surface area contributed by atoms with Crippen LogP contribution in [-0.2, 0) is 16.0 Å². The number of H-pyrrole nitrogens is 1. The van der Waals surface area contributed by atoms with Gasteiger partial charge in [0.05, 0.1) is 47.5 Å². The van der Waals surface area contributed by atoms with Gasteiger partial charge in [-0.1, -0.05) is 0 Å². The van der Waals surface area contributed by atoms with Crippen LogP contribution in [0.3, 0.4) is 0 Å². The molecule has 4 heterocycles. The molecule has 6 rings (SSSR count). The van der Waals surface area contributed by atoms with Crippen molar-refractivity contribution in [2.24, 2.45) is 0 Å². The number of carbonyl (C=O) groups excluding carboxylic acids is 2. The van der Waals surface area contributed by atoms with Gasteiger partial charge in [0, 0.05) is 17.3 Å². The molecule has 0 aliphatic carbocycles. The first-order chi connectivity index (χ1) is 23.0. The minimum absolute atomic E-state index is 0.0645. The van der Waals surface area contributed by atoms with Crippen LogP contribution >= 0.6 is 0 Å². The zero-order chi connectivity index (χ0) is 34.7. The zero-order valence-corrected chi connectivity index (χ0v) is 25.2.